The molecule has 0 radical (unpaired) electrons. The second-order valence-corrected chi connectivity index (χ2v) is 6.99. The second kappa shape index (κ2) is 10.7. The van der Waals surface area contributed by atoms with E-state index in [1.807, 2.05) is 6.07 Å². The Hall–Kier alpha value is -0.414. The van der Waals surface area contributed by atoms with Crippen LogP contribution in [0.5, 0.6) is 17.2 Å². The molecule has 0 fully saturated rings. The SMILES string of the molecule is CCCCCCc1c(Oc2ccccc2)cc([O-])cc1S(=O)(=O)O.[K+]. The molecule has 5 nitrogen and oxygen atoms in total. The minimum absolute atomic E-state index is 0. The Morgan fingerprint density at radius 2 is 1.76 bits per heavy atom. The molecule has 0 atom stereocenters. The Kier molecular flexibility index (Phi) is 9.65. The molecular weight excluding hydrogens is 367 g/mol. The van der Waals surface area contributed by atoms with Gasteiger partial charge in [-0.05, 0) is 37.1 Å². The van der Waals surface area contributed by atoms with Crippen molar-refractivity contribution in [3.63, 3.8) is 0 Å². The minimum atomic E-state index is -4.49. The molecule has 0 amide bonds. The van der Waals surface area contributed by atoms with Gasteiger partial charge in [0.2, 0.25) is 0 Å². The maximum Gasteiger partial charge on any atom is 1.00 e. The van der Waals surface area contributed by atoms with E-state index < -0.39 is 15.9 Å². The number of unbranched alkanes of at least 4 members (excludes halogenated alkanes) is 3. The molecule has 0 spiro atoms. The van der Waals surface area contributed by atoms with Crippen LogP contribution in [0, 0.1) is 0 Å². The van der Waals surface area contributed by atoms with E-state index in [2.05, 4.69) is 6.92 Å². The summed E-state index contributed by atoms with van der Waals surface area (Å²) in [7, 11) is -4.49. The van der Waals surface area contributed by atoms with Crippen LogP contribution in [0.1, 0.15) is 38.2 Å². The largest absolute Gasteiger partial charge is 1.00 e. The van der Waals surface area contributed by atoms with Gasteiger partial charge < -0.3 is 9.84 Å². The van der Waals surface area contributed by atoms with Gasteiger partial charge in [-0.15, -0.1) is 5.75 Å². The number of rotatable bonds is 8. The smallest absolute Gasteiger partial charge is 0.872 e. The van der Waals surface area contributed by atoms with Crippen molar-refractivity contribution in [1.82, 2.24) is 0 Å². The fourth-order valence-electron chi connectivity index (χ4n) is 2.51. The Labute approximate surface area is 191 Å². The fourth-order valence-corrected chi connectivity index (χ4v) is 3.29. The van der Waals surface area contributed by atoms with Gasteiger partial charge in [0.05, 0.1) is 0 Å². The van der Waals surface area contributed by atoms with Gasteiger partial charge in [0.1, 0.15) is 16.4 Å². The zero-order valence-electron chi connectivity index (χ0n) is 14.6. The molecule has 2 aromatic carbocycles. The molecule has 2 rings (SSSR count). The summed E-state index contributed by atoms with van der Waals surface area (Å²) >= 11 is 0. The monoisotopic (exact) mass is 388 g/mol. The van der Waals surface area contributed by atoms with Crippen LogP contribution in [0.15, 0.2) is 47.4 Å². The first-order chi connectivity index (χ1) is 11.4. The van der Waals surface area contributed by atoms with Gasteiger partial charge in [0.25, 0.3) is 10.1 Å². The van der Waals surface area contributed by atoms with E-state index in [9.17, 15) is 18.1 Å². The van der Waals surface area contributed by atoms with Crippen molar-refractivity contribution < 1.29 is 74.2 Å². The van der Waals surface area contributed by atoms with Gasteiger partial charge in [0, 0.05) is 5.56 Å². The van der Waals surface area contributed by atoms with E-state index >= 15 is 0 Å². The average molecular weight is 389 g/mol. The van der Waals surface area contributed by atoms with Crippen LogP contribution >= 0.6 is 0 Å². The van der Waals surface area contributed by atoms with Gasteiger partial charge in [0.15, 0.2) is 0 Å². The summed E-state index contributed by atoms with van der Waals surface area (Å²) in [4.78, 5) is -0.363. The fraction of sp³-hybridized carbons (Fsp3) is 0.333. The molecule has 0 aliphatic heterocycles. The van der Waals surface area contributed by atoms with Gasteiger partial charge in [-0.2, -0.15) is 8.42 Å². The van der Waals surface area contributed by atoms with Crippen molar-refractivity contribution in [3.8, 4) is 17.2 Å². The van der Waals surface area contributed by atoms with Crippen molar-refractivity contribution in [1.29, 1.82) is 0 Å². The molecule has 0 aliphatic rings. The van der Waals surface area contributed by atoms with E-state index in [1.54, 1.807) is 24.3 Å². The molecule has 130 valence electrons. The van der Waals surface area contributed by atoms with E-state index in [0.29, 0.717) is 17.7 Å². The molecule has 0 aliphatic carbocycles. The molecule has 0 aromatic heterocycles. The zero-order chi connectivity index (χ0) is 17.6. The summed E-state index contributed by atoms with van der Waals surface area (Å²) in [6.07, 6.45) is 4.19. The number of benzene rings is 2. The van der Waals surface area contributed by atoms with Crippen molar-refractivity contribution in [2.75, 3.05) is 0 Å². The van der Waals surface area contributed by atoms with Crippen LogP contribution in [-0.4, -0.2) is 13.0 Å². The average Bonchev–Trinajstić information content (AvgIpc) is 2.53. The summed E-state index contributed by atoms with van der Waals surface area (Å²) < 4.78 is 38.5. The second-order valence-electron chi connectivity index (χ2n) is 5.60. The van der Waals surface area contributed by atoms with Crippen LogP contribution in [0.4, 0.5) is 0 Å². The molecule has 1 N–H and O–H groups in total. The summed E-state index contributed by atoms with van der Waals surface area (Å²) in [6.45, 7) is 2.08. The quantitative estimate of drug-likeness (QED) is 0.413. The van der Waals surface area contributed by atoms with Gasteiger partial charge in [-0.25, -0.2) is 0 Å². The number of hydrogen-bond acceptors (Lipinski definition) is 4. The van der Waals surface area contributed by atoms with Gasteiger partial charge in [-0.1, -0.05) is 44.4 Å². The topological polar surface area (TPSA) is 86.7 Å². The van der Waals surface area contributed by atoms with Crippen molar-refractivity contribution in [3.05, 3.63) is 48.0 Å². The first-order valence-corrected chi connectivity index (χ1v) is 9.40. The Morgan fingerprint density at radius 3 is 2.36 bits per heavy atom. The van der Waals surface area contributed by atoms with Crippen LogP contribution in [0.25, 0.3) is 0 Å². The van der Waals surface area contributed by atoms with Crippen LogP contribution in [0.3, 0.4) is 0 Å². The number of para-hydroxylation sites is 1. The molecule has 2 aromatic rings. The summed E-state index contributed by atoms with van der Waals surface area (Å²) in [5, 5.41) is 11.8. The number of ether oxygens (including phenoxy) is 1. The standard InChI is InChI=1S/C18H22O5S.K/c1-2-3-4-8-11-16-17(23-15-9-6-5-7-10-15)12-14(19)13-18(16)24(20,21)22;/h5-7,9-10,12-13,19H,2-4,8,11H2,1H3,(H,20,21,22);/q;+1/p-1. The normalized spacial score (nSPS) is 11.0. The molecule has 0 bridgehead atoms. The predicted molar refractivity (Wildman–Crippen MR) is 90.1 cm³/mol. The first-order valence-electron chi connectivity index (χ1n) is 7.96. The Bertz CT molecular complexity index is 776. The minimum Gasteiger partial charge on any atom is -0.872 e. The molecule has 7 heteroatoms. The third kappa shape index (κ3) is 7.01. The van der Waals surface area contributed by atoms with E-state index in [-0.39, 0.29) is 62.0 Å². The first kappa shape index (κ1) is 22.6. The third-order valence-corrected chi connectivity index (χ3v) is 4.59. The van der Waals surface area contributed by atoms with Gasteiger partial charge in [-0.3, -0.25) is 4.55 Å². The maximum absolute atomic E-state index is 11.8. The summed E-state index contributed by atoms with van der Waals surface area (Å²) in [5.41, 5.74) is 0.344. The molecule has 0 saturated carbocycles. The van der Waals surface area contributed by atoms with Gasteiger partial charge >= 0.3 is 51.4 Å². The van der Waals surface area contributed by atoms with Crippen molar-refractivity contribution in [2.24, 2.45) is 0 Å². The summed E-state index contributed by atoms with van der Waals surface area (Å²) in [6, 6.07) is 11.0. The summed E-state index contributed by atoms with van der Waals surface area (Å²) in [5.74, 6) is 0.155. The van der Waals surface area contributed by atoms with Crippen molar-refractivity contribution in [2.45, 2.75) is 43.9 Å². The van der Waals surface area contributed by atoms with E-state index in [4.69, 9.17) is 4.74 Å². The predicted octanol–water partition coefficient (Wildman–Crippen LogP) is 0.926. The Morgan fingerprint density at radius 1 is 1.08 bits per heavy atom. The zero-order valence-corrected chi connectivity index (χ0v) is 18.5. The van der Waals surface area contributed by atoms with Crippen LogP contribution in [-0.2, 0) is 16.5 Å². The van der Waals surface area contributed by atoms with Crippen LogP contribution < -0.4 is 61.2 Å². The number of hydrogen-bond donors (Lipinski definition) is 1. The van der Waals surface area contributed by atoms with Crippen LogP contribution in [0.2, 0.25) is 0 Å². The third-order valence-electron chi connectivity index (χ3n) is 3.67. The molecule has 25 heavy (non-hydrogen) atoms. The molecule has 0 saturated heterocycles. The Balaban J connectivity index is 0.00000312. The molecular formula is C18H21KO5S. The molecule has 0 unspecified atom stereocenters. The maximum atomic E-state index is 11.8. The molecule has 0 heterocycles. The van der Waals surface area contributed by atoms with Crippen molar-refractivity contribution >= 4 is 10.1 Å². The van der Waals surface area contributed by atoms with E-state index in [1.165, 1.54) is 6.07 Å². The van der Waals surface area contributed by atoms with E-state index in [0.717, 1.165) is 31.7 Å².